The normalized spacial score (nSPS) is 11.5. The molecular weight excluding hydrogens is 458 g/mol. The highest BCUT2D eigenvalue weighted by Gasteiger charge is 2.21. The maximum absolute atomic E-state index is 14.8. The Kier molecular flexibility index (Phi) is 6.01. The van der Waals surface area contributed by atoms with E-state index in [9.17, 15) is 18.4 Å². The Morgan fingerprint density at radius 2 is 1.74 bits per heavy atom. The third-order valence-electron chi connectivity index (χ3n) is 5.45. The fraction of sp³-hybridized carbons (Fsp3) is 0.250. The number of nitrogens with zero attached hydrogens (tertiary/aromatic N) is 3. The Bertz CT molecular complexity index is 1500. The molecule has 0 saturated heterocycles. The first-order chi connectivity index (χ1) is 16.5. The van der Waals surface area contributed by atoms with Crippen molar-refractivity contribution in [1.82, 2.24) is 14.7 Å². The molecule has 0 aliphatic heterocycles. The van der Waals surface area contributed by atoms with Gasteiger partial charge in [0.25, 0.3) is 5.56 Å². The van der Waals surface area contributed by atoms with Crippen LogP contribution in [0.5, 0.6) is 0 Å². The number of halogens is 2. The van der Waals surface area contributed by atoms with Gasteiger partial charge >= 0.3 is 6.03 Å². The van der Waals surface area contributed by atoms with Gasteiger partial charge in [0.2, 0.25) is 0 Å². The highest BCUT2D eigenvalue weighted by molar-refractivity contribution is 5.99. The third kappa shape index (κ3) is 4.70. The van der Waals surface area contributed by atoms with Gasteiger partial charge in [0.15, 0.2) is 5.82 Å². The lowest BCUT2D eigenvalue weighted by Crippen LogP contribution is -2.21. The minimum absolute atomic E-state index is 0.00807. The monoisotopic (exact) mass is 482 g/mol. The van der Waals surface area contributed by atoms with Gasteiger partial charge in [-0.15, -0.1) is 0 Å². The molecule has 0 radical (unpaired) electrons. The van der Waals surface area contributed by atoms with Gasteiger partial charge in [-0.2, -0.15) is 0 Å². The maximum atomic E-state index is 14.8. The molecule has 182 valence electrons. The number of amides is 2. The average molecular weight is 482 g/mol. The zero-order chi connectivity index (χ0) is 25.5. The van der Waals surface area contributed by atoms with Gasteiger partial charge in [0.1, 0.15) is 23.2 Å². The Labute approximate surface area is 199 Å². The molecule has 2 amide bonds. The summed E-state index contributed by atoms with van der Waals surface area (Å²) in [4.78, 5) is 29.7. The number of hydrogen-bond donors (Lipinski definition) is 3. The second-order valence-corrected chi connectivity index (χ2v) is 9.02. The Hall–Kier alpha value is -4.28. The van der Waals surface area contributed by atoms with Crippen LogP contribution in [0.25, 0.3) is 22.0 Å². The van der Waals surface area contributed by atoms with Crippen LogP contribution in [0.3, 0.4) is 0 Å². The fourth-order valence-electron chi connectivity index (χ4n) is 3.50. The van der Waals surface area contributed by atoms with Crippen molar-refractivity contribution in [2.75, 3.05) is 23.0 Å². The quantitative estimate of drug-likeness (QED) is 0.383. The van der Waals surface area contributed by atoms with Crippen molar-refractivity contribution < 1.29 is 18.1 Å². The summed E-state index contributed by atoms with van der Waals surface area (Å²) in [5.41, 5.74) is -0.726. The summed E-state index contributed by atoms with van der Waals surface area (Å²) in [5.74, 6) is -0.711. The first-order valence-corrected chi connectivity index (χ1v) is 10.7. The van der Waals surface area contributed by atoms with Crippen LogP contribution in [0.2, 0.25) is 0 Å². The molecule has 35 heavy (non-hydrogen) atoms. The Morgan fingerprint density at radius 1 is 1.00 bits per heavy atom. The lowest BCUT2D eigenvalue weighted by atomic mass is 9.93. The first kappa shape index (κ1) is 23.9. The summed E-state index contributed by atoms with van der Waals surface area (Å²) >= 11 is 0. The van der Waals surface area contributed by atoms with Gasteiger partial charge in [0.05, 0.1) is 16.8 Å². The van der Waals surface area contributed by atoms with Crippen molar-refractivity contribution in [2.45, 2.75) is 26.2 Å². The van der Waals surface area contributed by atoms with Crippen LogP contribution in [-0.4, -0.2) is 27.8 Å². The van der Waals surface area contributed by atoms with Gasteiger partial charge in [-0.05, 0) is 12.1 Å². The summed E-state index contributed by atoms with van der Waals surface area (Å²) < 4.78 is 35.8. The average Bonchev–Trinajstić information content (AvgIpc) is 3.27. The van der Waals surface area contributed by atoms with Crippen LogP contribution in [0, 0.1) is 11.6 Å². The molecule has 0 spiro atoms. The number of pyridine rings is 2. The van der Waals surface area contributed by atoms with Crippen LogP contribution in [-0.2, 0) is 12.5 Å². The molecule has 0 unspecified atom stereocenters. The number of carbonyl (C=O) groups excluding carboxylic acids is 1. The van der Waals surface area contributed by atoms with Crippen LogP contribution in [0.4, 0.5) is 30.9 Å². The lowest BCUT2D eigenvalue weighted by molar-refractivity contribution is 0.261. The molecule has 1 aromatic carbocycles. The van der Waals surface area contributed by atoms with E-state index in [1.807, 2.05) is 20.8 Å². The molecule has 0 saturated carbocycles. The minimum Gasteiger partial charge on any atom is -0.373 e. The van der Waals surface area contributed by atoms with Crippen molar-refractivity contribution in [3.63, 3.8) is 0 Å². The number of fused-ring (bicyclic) bond motifs is 1. The molecular formula is C24H24F2N6O3. The minimum atomic E-state index is -1.00. The third-order valence-corrected chi connectivity index (χ3v) is 5.45. The van der Waals surface area contributed by atoms with Gasteiger partial charge in [-0.25, -0.2) is 18.6 Å². The number of benzene rings is 1. The predicted molar refractivity (Wildman–Crippen MR) is 130 cm³/mol. The van der Waals surface area contributed by atoms with Crippen molar-refractivity contribution in [2.24, 2.45) is 7.05 Å². The number of nitrogens with one attached hydrogen (secondary N) is 3. The van der Waals surface area contributed by atoms with E-state index in [2.05, 4.69) is 26.1 Å². The summed E-state index contributed by atoms with van der Waals surface area (Å²) in [5, 5.41) is 12.0. The number of aryl methyl sites for hydroxylation is 1. The molecule has 0 aliphatic carbocycles. The van der Waals surface area contributed by atoms with E-state index in [-0.39, 0.29) is 28.0 Å². The molecule has 0 bridgehead atoms. The molecule has 3 N–H and O–H groups in total. The summed E-state index contributed by atoms with van der Waals surface area (Å²) in [6.07, 6.45) is 1.54. The largest absolute Gasteiger partial charge is 0.373 e. The smallest absolute Gasteiger partial charge is 0.325 e. The van der Waals surface area contributed by atoms with Crippen molar-refractivity contribution >= 4 is 34.3 Å². The summed E-state index contributed by atoms with van der Waals surface area (Å²) in [6.45, 7) is 5.75. The van der Waals surface area contributed by atoms with Crippen LogP contribution in [0.15, 0.2) is 45.8 Å². The number of rotatable bonds is 4. The molecule has 0 fully saturated rings. The first-order valence-electron chi connectivity index (χ1n) is 10.7. The van der Waals surface area contributed by atoms with Crippen LogP contribution in [0.1, 0.15) is 26.5 Å². The number of urea groups is 1. The van der Waals surface area contributed by atoms with Gasteiger partial charge in [0, 0.05) is 54.9 Å². The molecule has 3 heterocycles. The van der Waals surface area contributed by atoms with Gasteiger partial charge in [-0.1, -0.05) is 25.9 Å². The zero-order valence-corrected chi connectivity index (χ0v) is 19.8. The van der Waals surface area contributed by atoms with Crippen molar-refractivity contribution in [1.29, 1.82) is 0 Å². The van der Waals surface area contributed by atoms with Gasteiger partial charge < -0.3 is 19.7 Å². The standard InChI is InChI=1S/C24H24F2N6O3/c1-24(2,3)19-10-21(31-35-19)30-23(34)29-17-7-13(15(25)8-16(17)26)14-6-12-11-28-20(27-4)9-18(12)32(5)22(14)33/h6-11H,1-5H3,(H,27,28)(H2,29,30,31,34). The summed E-state index contributed by atoms with van der Waals surface area (Å²) in [6, 6.07) is 5.60. The highest BCUT2D eigenvalue weighted by atomic mass is 19.1. The number of aromatic nitrogens is 3. The van der Waals surface area contributed by atoms with E-state index in [1.54, 1.807) is 32.4 Å². The van der Waals surface area contributed by atoms with Crippen LogP contribution >= 0.6 is 0 Å². The van der Waals surface area contributed by atoms with Crippen molar-refractivity contribution in [3.8, 4) is 11.1 Å². The molecule has 4 aromatic rings. The Balaban J connectivity index is 1.67. The van der Waals surface area contributed by atoms with E-state index in [4.69, 9.17) is 4.52 Å². The molecule has 11 heteroatoms. The van der Waals surface area contributed by atoms with Crippen molar-refractivity contribution in [3.05, 3.63) is 64.3 Å². The van der Waals surface area contributed by atoms with Gasteiger partial charge in [-0.3, -0.25) is 10.1 Å². The fourth-order valence-corrected chi connectivity index (χ4v) is 3.50. The Morgan fingerprint density at radius 3 is 2.40 bits per heavy atom. The van der Waals surface area contributed by atoms with E-state index in [0.29, 0.717) is 28.5 Å². The SMILES string of the molecule is CNc1cc2c(cn1)cc(-c1cc(NC(=O)Nc3cc(C(C)(C)C)on3)c(F)cc1F)c(=O)n2C. The number of carbonyl (C=O) groups is 1. The van der Waals surface area contributed by atoms with E-state index < -0.39 is 23.2 Å². The molecule has 9 nitrogen and oxygen atoms in total. The maximum Gasteiger partial charge on any atom is 0.325 e. The second-order valence-electron chi connectivity index (χ2n) is 9.02. The van der Waals surface area contributed by atoms with E-state index in [0.717, 1.165) is 6.07 Å². The zero-order valence-electron chi connectivity index (χ0n) is 19.8. The molecule has 4 rings (SSSR count). The molecule has 3 aromatic heterocycles. The predicted octanol–water partition coefficient (Wildman–Crippen LogP) is 4.85. The van der Waals surface area contributed by atoms with Crippen LogP contribution < -0.4 is 21.5 Å². The van der Waals surface area contributed by atoms with E-state index >= 15 is 0 Å². The number of anilines is 3. The lowest BCUT2D eigenvalue weighted by Gasteiger charge is -2.13. The molecule has 0 atom stereocenters. The topological polar surface area (TPSA) is 114 Å². The van der Waals surface area contributed by atoms with E-state index in [1.165, 1.54) is 10.6 Å². The second kappa shape index (κ2) is 8.82. The molecule has 0 aliphatic rings. The highest BCUT2D eigenvalue weighted by Crippen LogP contribution is 2.29. The summed E-state index contributed by atoms with van der Waals surface area (Å²) in [7, 11) is 3.25. The number of hydrogen-bond acceptors (Lipinski definition) is 6.